The molecule has 0 bridgehead atoms. The lowest BCUT2D eigenvalue weighted by Crippen LogP contribution is -2.47. The van der Waals surface area contributed by atoms with Gasteiger partial charge in [0.25, 0.3) is 0 Å². The van der Waals surface area contributed by atoms with Crippen molar-refractivity contribution in [2.24, 2.45) is 0 Å². The van der Waals surface area contributed by atoms with E-state index < -0.39 is 0 Å². The van der Waals surface area contributed by atoms with Crippen LogP contribution in [-0.4, -0.2) is 54.2 Å². The van der Waals surface area contributed by atoms with Crippen molar-refractivity contribution in [3.63, 3.8) is 0 Å². The van der Waals surface area contributed by atoms with E-state index in [1.807, 2.05) is 6.20 Å². The van der Waals surface area contributed by atoms with Crippen LogP contribution in [0.2, 0.25) is 0 Å². The van der Waals surface area contributed by atoms with E-state index in [1.54, 1.807) is 6.33 Å². The van der Waals surface area contributed by atoms with Gasteiger partial charge in [-0.15, -0.1) is 0 Å². The standard InChI is InChI=1S/C22H24N4O/c1-4-22-18(6-12-27-22)13-17(1)5-7-25-8-10-26(11-9-25)20-2-3-21-19(14-20)15-23-16-24-21/h1-4,13-16H,5-12H2. The summed E-state index contributed by atoms with van der Waals surface area (Å²) in [4.78, 5) is 13.5. The Morgan fingerprint density at radius 1 is 1.00 bits per heavy atom. The first-order valence-electron chi connectivity index (χ1n) is 9.77. The number of benzene rings is 2. The molecule has 5 heteroatoms. The Morgan fingerprint density at radius 3 is 2.85 bits per heavy atom. The summed E-state index contributed by atoms with van der Waals surface area (Å²) in [5, 5.41) is 1.11. The summed E-state index contributed by atoms with van der Waals surface area (Å²) in [6.45, 7) is 6.31. The van der Waals surface area contributed by atoms with Gasteiger partial charge in [0.2, 0.25) is 0 Å². The Kier molecular flexibility index (Phi) is 4.38. The van der Waals surface area contributed by atoms with Gasteiger partial charge >= 0.3 is 0 Å². The highest BCUT2D eigenvalue weighted by molar-refractivity contribution is 5.81. The van der Waals surface area contributed by atoms with Gasteiger partial charge in [0, 0.05) is 56.4 Å². The zero-order valence-corrected chi connectivity index (χ0v) is 15.5. The molecule has 1 saturated heterocycles. The molecule has 2 aliphatic rings. The van der Waals surface area contributed by atoms with Gasteiger partial charge in [-0.05, 0) is 41.8 Å². The summed E-state index contributed by atoms with van der Waals surface area (Å²) in [7, 11) is 0. The second kappa shape index (κ2) is 7.16. The quantitative estimate of drug-likeness (QED) is 0.716. The molecule has 0 N–H and O–H groups in total. The zero-order chi connectivity index (χ0) is 18.1. The minimum Gasteiger partial charge on any atom is -0.493 e. The number of hydrogen-bond acceptors (Lipinski definition) is 5. The van der Waals surface area contributed by atoms with E-state index in [2.05, 4.69) is 56.2 Å². The first kappa shape index (κ1) is 16.5. The van der Waals surface area contributed by atoms with Gasteiger partial charge in [-0.1, -0.05) is 12.1 Å². The number of hydrogen-bond donors (Lipinski definition) is 0. The molecule has 1 aromatic heterocycles. The lowest BCUT2D eigenvalue weighted by molar-refractivity contribution is 0.261. The second-order valence-electron chi connectivity index (χ2n) is 7.39. The number of anilines is 1. The van der Waals surface area contributed by atoms with Gasteiger partial charge in [-0.2, -0.15) is 0 Å². The number of rotatable bonds is 4. The third-order valence-corrected chi connectivity index (χ3v) is 5.70. The van der Waals surface area contributed by atoms with E-state index in [1.165, 1.54) is 16.8 Å². The number of ether oxygens (including phenoxy) is 1. The topological polar surface area (TPSA) is 41.5 Å². The Labute approximate surface area is 159 Å². The van der Waals surface area contributed by atoms with Crippen LogP contribution in [-0.2, 0) is 12.8 Å². The summed E-state index contributed by atoms with van der Waals surface area (Å²) >= 11 is 0. The van der Waals surface area contributed by atoms with Crippen LogP contribution in [0.5, 0.6) is 5.75 Å². The van der Waals surface area contributed by atoms with Gasteiger partial charge in [0.1, 0.15) is 12.1 Å². The van der Waals surface area contributed by atoms with Crippen molar-refractivity contribution < 1.29 is 4.74 Å². The highest BCUT2D eigenvalue weighted by Gasteiger charge is 2.18. The second-order valence-corrected chi connectivity index (χ2v) is 7.39. The van der Waals surface area contributed by atoms with E-state index in [0.717, 1.165) is 68.8 Å². The van der Waals surface area contributed by atoms with E-state index >= 15 is 0 Å². The zero-order valence-electron chi connectivity index (χ0n) is 15.5. The fraction of sp³-hybridized carbons (Fsp3) is 0.364. The Hall–Kier alpha value is -2.66. The molecule has 5 nitrogen and oxygen atoms in total. The van der Waals surface area contributed by atoms with Crippen LogP contribution < -0.4 is 9.64 Å². The van der Waals surface area contributed by atoms with Gasteiger partial charge in [-0.3, -0.25) is 4.90 Å². The van der Waals surface area contributed by atoms with Crippen LogP contribution in [0, 0.1) is 0 Å². The smallest absolute Gasteiger partial charge is 0.122 e. The van der Waals surface area contributed by atoms with E-state index in [4.69, 9.17) is 4.74 Å². The monoisotopic (exact) mass is 360 g/mol. The molecule has 2 aliphatic heterocycles. The summed E-state index contributed by atoms with van der Waals surface area (Å²) < 4.78 is 5.60. The summed E-state index contributed by atoms with van der Waals surface area (Å²) in [5.41, 5.74) is 5.08. The molecule has 0 saturated carbocycles. The van der Waals surface area contributed by atoms with Crippen molar-refractivity contribution in [3.05, 3.63) is 60.0 Å². The molecule has 3 heterocycles. The predicted octanol–water partition coefficient (Wildman–Crippen LogP) is 2.93. The van der Waals surface area contributed by atoms with Crippen LogP contribution >= 0.6 is 0 Å². The minimum atomic E-state index is 0.835. The Morgan fingerprint density at radius 2 is 1.93 bits per heavy atom. The first-order chi connectivity index (χ1) is 13.3. The Bertz CT molecular complexity index is 950. The van der Waals surface area contributed by atoms with Crippen molar-refractivity contribution in [2.75, 3.05) is 44.2 Å². The highest BCUT2D eigenvalue weighted by Crippen LogP contribution is 2.26. The predicted molar refractivity (Wildman–Crippen MR) is 108 cm³/mol. The summed E-state index contributed by atoms with van der Waals surface area (Å²) in [6, 6.07) is 13.2. The summed E-state index contributed by atoms with van der Waals surface area (Å²) in [6.07, 6.45) is 5.66. The largest absolute Gasteiger partial charge is 0.493 e. The van der Waals surface area contributed by atoms with Crippen LogP contribution in [0.1, 0.15) is 11.1 Å². The van der Waals surface area contributed by atoms with Gasteiger partial charge in [0.15, 0.2) is 0 Å². The lowest BCUT2D eigenvalue weighted by atomic mass is 10.1. The Balaban J connectivity index is 1.17. The van der Waals surface area contributed by atoms with Gasteiger partial charge in [0.05, 0.1) is 12.1 Å². The average molecular weight is 360 g/mol. The third-order valence-electron chi connectivity index (χ3n) is 5.70. The van der Waals surface area contributed by atoms with Crippen molar-refractivity contribution in [2.45, 2.75) is 12.8 Å². The van der Waals surface area contributed by atoms with Crippen molar-refractivity contribution in [1.82, 2.24) is 14.9 Å². The maximum Gasteiger partial charge on any atom is 0.122 e. The minimum absolute atomic E-state index is 0.835. The molecule has 3 aromatic rings. The van der Waals surface area contributed by atoms with Gasteiger partial charge < -0.3 is 9.64 Å². The fourth-order valence-electron chi connectivity index (χ4n) is 4.08. The molecule has 0 amide bonds. The van der Waals surface area contributed by atoms with Crippen LogP contribution in [0.4, 0.5) is 5.69 Å². The molecule has 2 aromatic carbocycles. The van der Waals surface area contributed by atoms with Crippen LogP contribution in [0.15, 0.2) is 48.9 Å². The molecule has 0 spiro atoms. The first-order valence-corrected chi connectivity index (χ1v) is 9.77. The normalized spacial score (nSPS) is 17.1. The van der Waals surface area contributed by atoms with Crippen LogP contribution in [0.3, 0.4) is 0 Å². The highest BCUT2D eigenvalue weighted by atomic mass is 16.5. The molecule has 0 unspecified atom stereocenters. The number of fused-ring (bicyclic) bond motifs is 2. The summed E-state index contributed by atoms with van der Waals surface area (Å²) in [5.74, 6) is 1.08. The fourth-order valence-corrected chi connectivity index (χ4v) is 4.08. The maximum absolute atomic E-state index is 5.60. The molecule has 27 heavy (non-hydrogen) atoms. The van der Waals surface area contributed by atoms with E-state index in [9.17, 15) is 0 Å². The van der Waals surface area contributed by atoms with E-state index in [0.29, 0.717) is 0 Å². The molecule has 0 atom stereocenters. The van der Waals surface area contributed by atoms with Gasteiger partial charge in [-0.25, -0.2) is 9.97 Å². The molecule has 1 fully saturated rings. The number of aromatic nitrogens is 2. The average Bonchev–Trinajstić information content (AvgIpc) is 3.20. The number of piperazine rings is 1. The SMILES string of the molecule is c1ncc2cc(N3CCN(CCc4ccc5c(c4)CCO5)CC3)ccc2n1. The van der Waals surface area contributed by atoms with Crippen LogP contribution in [0.25, 0.3) is 10.9 Å². The number of nitrogens with zero attached hydrogens (tertiary/aromatic N) is 4. The molecular formula is C22H24N4O. The molecule has 138 valence electrons. The van der Waals surface area contributed by atoms with Crippen molar-refractivity contribution >= 4 is 16.6 Å². The molecular weight excluding hydrogens is 336 g/mol. The van der Waals surface area contributed by atoms with Crippen molar-refractivity contribution in [1.29, 1.82) is 0 Å². The molecule has 0 radical (unpaired) electrons. The maximum atomic E-state index is 5.60. The molecule has 5 rings (SSSR count). The third kappa shape index (κ3) is 3.47. The van der Waals surface area contributed by atoms with E-state index in [-0.39, 0.29) is 0 Å². The lowest BCUT2D eigenvalue weighted by Gasteiger charge is -2.36. The molecule has 0 aliphatic carbocycles. The van der Waals surface area contributed by atoms with Crippen molar-refractivity contribution in [3.8, 4) is 5.75 Å².